The molecule has 2 aromatic carbocycles. The number of carbonyl (C=O) groups is 1. The minimum atomic E-state index is -0.292. The van der Waals surface area contributed by atoms with E-state index in [1.807, 2.05) is 66.9 Å². The lowest BCUT2D eigenvalue weighted by Gasteiger charge is -2.08. The van der Waals surface area contributed by atoms with Gasteiger partial charge in [0.05, 0.1) is 17.7 Å². The molecule has 30 heavy (non-hydrogen) atoms. The van der Waals surface area contributed by atoms with E-state index in [4.69, 9.17) is 4.74 Å². The summed E-state index contributed by atoms with van der Waals surface area (Å²) in [4.78, 5) is 31.3. The van der Waals surface area contributed by atoms with Gasteiger partial charge in [0.1, 0.15) is 16.9 Å². The molecule has 0 radical (unpaired) electrons. The Morgan fingerprint density at radius 1 is 1.17 bits per heavy atom. The Morgan fingerprint density at radius 3 is 2.67 bits per heavy atom. The molecule has 0 aliphatic rings. The van der Waals surface area contributed by atoms with Gasteiger partial charge in [0.2, 0.25) is 5.91 Å². The van der Waals surface area contributed by atoms with Crippen molar-refractivity contribution in [3.05, 3.63) is 76.7 Å². The summed E-state index contributed by atoms with van der Waals surface area (Å²) in [5.74, 6) is 0.684. The van der Waals surface area contributed by atoms with E-state index < -0.39 is 0 Å². The van der Waals surface area contributed by atoms with Crippen molar-refractivity contribution >= 4 is 39.2 Å². The molecule has 152 valence electrons. The molecule has 0 spiro atoms. The van der Waals surface area contributed by atoms with Crippen molar-refractivity contribution in [2.75, 3.05) is 17.8 Å². The lowest BCUT2D eigenvalue weighted by atomic mass is 10.1. The van der Waals surface area contributed by atoms with Gasteiger partial charge in [-0.2, -0.15) is 0 Å². The van der Waals surface area contributed by atoms with Gasteiger partial charge in [-0.1, -0.05) is 30.3 Å². The zero-order chi connectivity index (χ0) is 20.9. The summed E-state index contributed by atoms with van der Waals surface area (Å²) in [6.07, 6.45) is 1.36. The van der Waals surface area contributed by atoms with E-state index in [1.165, 1.54) is 29.4 Å². The maximum Gasteiger partial charge on any atom is 0.281 e. The lowest BCUT2D eigenvalue weighted by Crippen LogP contribution is -2.34. The van der Waals surface area contributed by atoms with Crippen LogP contribution < -0.4 is 15.7 Å². The number of nitrogens with zero attached hydrogens (tertiary/aromatic N) is 2. The van der Waals surface area contributed by atoms with Crippen LogP contribution in [0.25, 0.3) is 21.3 Å². The predicted molar refractivity (Wildman–Crippen MR) is 122 cm³/mol. The lowest BCUT2D eigenvalue weighted by molar-refractivity contribution is -0.114. The summed E-state index contributed by atoms with van der Waals surface area (Å²) >= 11 is 2.80. The van der Waals surface area contributed by atoms with Crippen LogP contribution in [0.2, 0.25) is 0 Å². The van der Waals surface area contributed by atoms with Crippen LogP contribution in [0.3, 0.4) is 0 Å². The van der Waals surface area contributed by atoms with Crippen molar-refractivity contribution in [2.24, 2.45) is 0 Å². The van der Waals surface area contributed by atoms with Crippen LogP contribution >= 0.6 is 23.1 Å². The molecule has 0 aliphatic heterocycles. The van der Waals surface area contributed by atoms with Gasteiger partial charge < -0.3 is 4.74 Å². The van der Waals surface area contributed by atoms with Crippen molar-refractivity contribution in [3.63, 3.8) is 0 Å². The summed E-state index contributed by atoms with van der Waals surface area (Å²) in [7, 11) is 0. The number of fused-ring (bicyclic) bond motifs is 1. The molecule has 1 N–H and O–H groups in total. The van der Waals surface area contributed by atoms with E-state index in [2.05, 4.69) is 10.4 Å². The molecule has 0 aliphatic carbocycles. The van der Waals surface area contributed by atoms with E-state index in [1.54, 1.807) is 0 Å². The molecule has 0 saturated carbocycles. The number of thioether (sulfide) groups is 1. The number of thiophene rings is 1. The van der Waals surface area contributed by atoms with Crippen LogP contribution in [-0.2, 0) is 4.79 Å². The summed E-state index contributed by atoms with van der Waals surface area (Å²) in [6.45, 7) is 2.54. The Balaban J connectivity index is 1.49. The standard InChI is InChI=1S/C22H19N3O3S2/c1-2-28-16-8-10-17(11-9-16)29-13-19(26)24-25-14-23-21-20(22(25)27)18(12-30-21)15-6-4-3-5-7-15/h3-12,14H,2,13H2,1H3,(H,24,26). The molecule has 0 bridgehead atoms. The van der Waals surface area contributed by atoms with E-state index in [0.717, 1.165) is 26.4 Å². The summed E-state index contributed by atoms with van der Waals surface area (Å²) in [5.41, 5.74) is 4.10. The molecule has 6 nitrogen and oxygen atoms in total. The first-order valence-corrected chi connectivity index (χ1v) is 11.2. The first-order chi connectivity index (χ1) is 14.7. The van der Waals surface area contributed by atoms with Gasteiger partial charge in [-0.15, -0.1) is 23.1 Å². The number of ether oxygens (including phenoxy) is 1. The third kappa shape index (κ3) is 4.39. The van der Waals surface area contributed by atoms with Gasteiger partial charge in [-0.05, 0) is 36.8 Å². The number of aromatic nitrogens is 2. The zero-order valence-corrected chi connectivity index (χ0v) is 17.8. The van der Waals surface area contributed by atoms with Crippen molar-refractivity contribution in [1.82, 2.24) is 9.66 Å². The highest BCUT2D eigenvalue weighted by Crippen LogP contribution is 2.30. The minimum absolute atomic E-state index is 0.174. The molecule has 0 unspecified atom stereocenters. The normalized spacial score (nSPS) is 10.8. The third-order valence-electron chi connectivity index (χ3n) is 4.33. The maximum absolute atomic E-state index is 13.0. The highest BCUT2D eigenvalue weighted by molar-refractivity contribution is 8.00. The molecule has 2 aromatic heterocycles. The van der Waals surface area contributed by atoms with Gasteiger partial charge in [0.25, 0.3) is 5.56 Å². The number of rotatable bonds is 7. The number of hydrogen-bond donors (Lipinski definition) is 1. The van der Waals surface area contributed by atoms with Crippen molar-refractivity contribution in [3.8, 4) is 16.9 Å². The molecular formula is C22H19N3O3S2. The average molecular weight is 438 g/mol. The molecule has 0 atom stereocenters. The number of amides is 1. The summed E-state index contributed by atoms with van der Waals surface area (Å²) in [5, 5.41) is 2.43. The first-order valence-electron chi connectivity index (χ1n) is 9.35. The SMILES string of the molecule is CCOc1ccc(SCC(=O)Nn2cnc3scc(-c4ccccc4)c3c2=O)cc1. The number of carbonyl (C=O) groups excluding carboxylic acids is 1. The second kappa shape index (κ2) is 9.15. The Morgan fingerprint density at radius 2 is 1.93 bits per heavy atom. The molecule has 0 saturated heterocycles. The van der Waals surface area contributed by atoms with E-state index >= 15 is 0 Å². The average Bonchev–Trinajstić information content (AvgIpc) is 3.21. The second-order valence-corrected chi connectivity index (χ2v) is 8.25. The van der Waals surface area contributed by atoms with E-state index in [9.17, 15) is 9.59 Å². The number of nitrogens with one attached hydrogen (secondary N) is 1. The van der Waals surface area contributed by atoms with E-state index in [0.29, 0.717) is 16.8 Å². The first kappa shape index (κ1) is 20.2. The molecule has 4 rings (SSSR count). The molecule has 0 fully saturated rings. The van der Waals surface area contributed by atoms with Crippen LogP contribution in [0.15, 0.2) is 76.0 Å². The highest BCUT2D eigenvalue weighted by atomic mass is 32.2. The fraction of sp³-hybridized carbons (Fsp3) is 0.136. The molecule has 1 amide bonds. The molecule has 4 aromatic rings. The predicted octanol–water partition coefficient (Wildman–Crippen LogP) is 4.39. The molecular weight excluding hydrogens is 418 g/mol. The van der Waals surface area contributed by atoms with Gasteiger partial charge in [0, 0.05) is 15.8 Å². The maximum atomic E-state index is 13.0. The van der Waals surface area contributed by atoms with Crippen LogP contribution in [0.5, 0.6) is 5.75 Å². The second-order valence-electron chi connectivity index (χ2n) is 6.34. The van der Waals surface area contributed by atoms with E-state index in [-0.39, 0.29) is 17.2 Å². The minimum Gasteiger partial charge on any atom is -0.494 e. The molecule has 8 heteroatoms. The smallest absolute Gasteiger partial charge is 0.281 e. The third-order valence-corrected chi connectivity index (χ3v) is 6.23. The number of benzene rings is 2. The quantitative estimate of drug-likeness (QED) is 0.434. The Kier molecular flexibility index (Phi) is 6.15. The summed E-state index contributed by atoms with van der Waals surface area (Å²) < 4.78 is 6.57. The Hall–Kier alpha value is -3.10. The topological polar surface area (TPSA) is 73.2 Å². The van der Waals surface area contributed by atoms with Gasteiger partial charge in [-0.25, -0.2) is 9.66 Å². The van der Waals surface area contributed by atoms with Crippen LogP contribution in [0.4, 0.5) is 0 Å². The monoisotopic (exact) mass is 437 g/mol. The largest absolute Gasteiger partial charge is 0.494 e. The summed E-state index contributed by atoms with van der Waals surface area (Å²) in [6, 6.07) is 17.2. The van der Waals surface area contributed by atoms with Gasteiger partial charge in [-0.3, -0.25) is 15.0 Å². The Bertz CT molecular complexity index is 1220. The zero-order valence-electron chi connectivity index (χ0n) is 16.2. The van der Waals surface area contributed by atoms with Crippen molar-refractivity contribution in [2.45, 2.75) is 11.8 Å². The highest BCUT2D eigenvalue weighted by Gasteiger charge is 2.14. The fourth-order valence-electron chi connectivity index (χ4n) is 2.96. The van der Waals surface area contributed by atoms with Crippen molar-refractivity contribution < 1.29 is 9.53 Å². The van der Waals surface area contributed by atoms with Crippen molar-refractivity contribution in [1.29, 1.82) is 0 Å². The fourth-order valence-corrected chi connectivity index (χ4v) is 4.55. The molecule has 2 heterocycles. The van der Waals surface area contributed by atoms with Crippen LogP contribution in [-0.4, -0.2) is 27.9 Å². The van der Waals surface area contributed by atoms with Gasteiger partial charge in [0.15, 0.2) is 0 Å². The van der Waals surface area contributed by atoms with Gasteiger partial charge >= 0.3 is 0 Å². The number of hydrogen-bond acceptors (Lipinski definition) is 6. The Labute approximate surface area is 181 Å². The van der Waals surface area contributed by atoms with Crippen LogP contribution in [0, 0.1) is 0 Å². The van der Waals surface area contributed by atoms with Crippen LogP contribution in [0.1, 0.15) is 6.92 Å².